The number of benzene rings is 2. The fourth-order valence-electron chi connectivity index (χ4n) is 5.49. The summed E-state index contributed by atoms with van der Waals surface area (Å²) < 4.78 is 0. The number of rotatable bonds is 4. The van der Waals surface area contributed by atoms with Crippen LogP contribution in [0.2, 0.25) is 0 Å². The first-order chi connectivity index (χ1) is 15.7. The minimum Gasteiger partial charge on any atom is -0.351 e. The Morgan fingerprint density at radius 2 is 1.72 bits per heavy atom. The fourth-order valence-corrected chi connectivity index (χ4v) is 5.49. The Morgan fingerprint density at radius 1 is 0.969 bits per heavy atom. The van der Waals surface area contributed by atoms with Crippen molar-refractivity contribution in [3.05, 3.63) is 95.8 Å². The number of carbonyl (C=O) groups is 2. The Morgan fingerprint density at radius 3 is 2.47 bits per heavy atom. The zero-order valence-electron chi connectivity index (χ0n) is 18.0. The average Bonchev–Trinajstić information content (AvgIpc) is 2.85. The zero-order valence-corrected chi connectivity index (χ0v) is 18.0. The fraction of sp³-hybridized carbons (Fsp3) is 0.296. The molecule has 1 N–H and O–H groups in total. The maximum absolute atomic E-state index is 13.8. The van der Waals surface area contributed by atoms with Crippen molar-refractivity contribution < 1.29 is 9.59 Å². The molecule has 2 heterocycles. The minimum absolute atomic E-state index is 0.00925. The molecule has 5 rings (SSSR count). The molecule has 2 amide bonds. The summed E-state index contributed by atoms with van der Waals surface area (Å²) in [4.78, 5) is 33.7. The monoisotopic (exact) mass is 425 g/mol. The lowest BCUT2D eigenvalue weighted by molar-refractivity contribution is -0.124. The molecule has 1 atom stereocenters. The van der Waals surface area contributed by atoms with Gasteiger partial charge in [-0.05, 0) is 48.2 Å². The second kappa shape index (κ2) is 8.58. The number of nitrogens with zero attached hydrogens (tertiary/aromatic N) is 2. The van der Waals surface area contributed by atoms with Gasteiger partial charge in [0.1, 0.15) is 0 Å². The number of fused-ring (bicyclic) bond motifs is 1. The molecule has 1 spiro atoms. The summed E-state index contributed by atoms with van der Waals surface area (Å²) in [6.07, 6.45) is 8.26. The van der Waals surface area contributed by atoms with Gasteiger partial charge in [0.25, 0.3) is 5.91 Å². The second-order valence-electron chi connectivity index (χ2n) is 8.74. The summed E-state index contributed by atoms with van der Waals surface area (Å²) >= 11 is 0. The number of hydrogen-bond acceptors (Lipinski definition) is 3. The van der Waals surface area contributed by atoms with Crippen molar-refractivity contribution in [3.8, 4) is 0 Å². The van der Waals surface area contributed by atoms with E-state index in [-0.39, 0.29) is 11.8 Å². The van der Waals surface area contributed by atoms with Gasteiger partial charge in [0.2, 0.25) is 5.91 Å². The molecule has 5 nitrogen and oxygen atoms in total. The van der Waals surface area contributed by atoms with Crippen LogP contribution in [0.5, 0.6) is 0 Å². The lowest BCUT2D eigenvalue weighted by atomic mass is 9.65. The van der Waals surface area contributed by atoms with Gasteiger partial charge in [-0.25, -0.2) is 0 Å². The first kappa shape index (κ1) is 20.4. The first-order valence-corrected chi connectivity index (χ1v) is 11.4. The number of hydrogen-bond donors (Lipinski definition) is 1. The highest BCUT2D eigenvalue weighted by atomic mass is 16.2. The van der Waals surface area contributed by atoms with E-state index in [0.29, 0.717) is 12.1 Å². The molecule has 0 bridgehead atoms. The van der Waals surface area contributed by atoms with Gasteiger partial charge in [-0.15, -0.1) is 0 Å². The summed E-state index contributed by atoms with van der Waals surface area (Å²) in [5.41, 5.74) is 2.71. The highest BCUT2D eigenvalue weighted by Crippen LogP contribution is 2.50. The minimum atomic E-state index is -0.565. The maximum Gasteiger partial charge on any atom is 0.259 e. The third kappa shape index (κ3) is 3.48. The van der Waals surface area contributed by atoms with Crippen LogP contribution in [0.3, 0.4) is 0 Å². The average molecular weight is 426 g/mol. The Labute approximate surface area is 188 Å². The van der Waals surface area contributed by atoms with Gasteiger partial charge in [-0.2, -0.15) is 0 Å². The molecule has 1 aliphatic carbocycles. The predicted octanol–water partition coefficient (Wildman–Crippen LogP) is 4.84. The number of aromatic nitrogens is 1. The normalized spacial score (nSPS) is 19.4. The molecule has 162 valence electrons. The molecule has 32 heavy (non-hydrogen) atoms. The van der Waals surface area contributed by atoms with Gasteiger partial charge in [-0.3, -0.25) is 14.6 Å². The molecule has 1 aromatic heterocycles. The van der Waals surface area contributed by atoms with E-state index in [4.69, 9.17) is 0 Å². The van der Waals surface area contributed by atoms with Crippen molar-refractivity contribution in [2.45, 2.75) is 50.1 Å². The van der Waals surface area contributed by atoms with E-state index in [1.807, 2.05) is 71.6 Å². The number of amides is 2. The number of anilines is 1. The quantitative estimate of drug-likeness (QED) is 0.650. The van der Waals surface area contributed by atoms with Crippen molar-refractivity contribution in [1.29, 1.82) is 0 Å². The summed E-state index contributed by atoms with van der Waals surface area (Å²) in [7, 11) is 0. The van der Waals surface area contributed by atoms with Gasteiger partial charge in [0, 0.05) is 30.2 Å². The number of para-hydroxylation sites is 1. The molecule has 0 radical (unpaired) electrons. The number of carbonyl (C=O) groups excluding carboxylic acids is 2. The Hall–Kier alpha value is -3.47. The van der Waals surface area contributed by atoms with Gasteiger partial charge in [0.15, 0.2) is 0 Å². The van der Waals surface area contributed by atoms with Crippen molar-refractivity contribution >= 4 is 17.5 Å². The molecule has 3 aromatic rings. The summed E-state index contributed by atoms with van der Waals surface area (Å²) in [5, 5.41) is 3.15. The van der Waals surface area contributed by atoms with Crippen LogP contribution in [-0.4, -0.2) is 22.3 Å². The van der Waals surface area contributed by atoms with E-state index in [2.05, 4.69) is 10.3 Å². The van der Waals surface area contributed by atoms with Crippen LogP contribution in [0.4, 0.5) is 5.69 Å². The topological polar surface area (TPSA) is 62.3 Å². The summed E-state index contributed by atoms with van der Waals surface area (Å²) in [6.45, 7) is 0.417. The molecular formula is C27H27N3O2. The van der Waals surface area contributed by atoms with Crippen LogP contribution in [0.25, 0.3) is 0 Å². The molecule has 5 heteroatoms. The standard InChI is InChI=1S/C27H27N3O2/c31-25(29-19-20-10-9-17-28-18-20)24-22-13-5-6-14-23(22)26(32)30(21-11-3-1-4-12-21)27(24)15-7-2-8-16-27/h1,3-6,9-14,17-18,24H,2,7-8,15-16,19H2,(H,29,31). The molecule has 1 aliphatic heterocycles. The Kier molecular flexibility index (Phi) is 5.48. The van der Waals surface area contributed by atoms with E-state index in [1.165, 1.54) is 0 Å². The smallest absolute Gasteiger partial charge is 0.259 e. The molecule has 1 saturated carbocycles. The van der Waals surface area contributed by atoms with Gasteiger partial charge in [0.05, 0.1) is 11.5 Å². The largest absolute Gasteiger partial charge is 0.351 e. The lowest BCUT2D eigenvalue weighted by Crippen LogP contribution is -2.63. The molecule has 2 aromatic carbocycles. The summed E-state index contributed by atoms with van der Waals surface area (Å²) in [5.74, 6) is -0.463. The Bertz CT molecular complexity index is 1110. The maximum atomic E-state index is 13.8. The molecular weight excluding hydrogens is 398 g/mol. The SMILES string of the molecule is O=C(NCc1cccnc1)C1c2ccccc2C(=O)N(c2ccccc2)C12CCCCC2. The van der Waals surface area contributed by atoms with Crippen molar-refractivity contribution in [2.24, 2.45) is 0 Å². The molecule has 1 fully saturated rings. The van der Waals surface area contributed by atoms with Crippen LogP contribution >= 0.6 is 0 Å². The highest BCUT2D eigenvalue weighted by Gasteiger charge is 2.55. The number of nitrogens with one attached hydrogen (secondary N) is 1. The van der Waals surface area contributed by atoms with Gasteiger partial charge in [-0.1, -0.05) is 61.7 Å². The van der Waals surface area contributed by atoms with Crippen molar-refractivity contribution in [3.63, 3.8) is 0 Å². The third-order valence-electron chi connectivity index (χ3n) is 6.87. The lowest BCUT2D eigenvalue weighted by Gasteiger charge is -2.53. The van der Waals surface area contributed by atoms with Crippen LogP contribution in [-0.2, 0) is 11.3 Å². The molecule has 0 saturated heterocycles. The summed E-state index contributed by atoms with van der Waals surface area (Å²) in [6, 6.07) is 21.3. The third-order valence-corrected chi connectivity index (χ3v) is 6.87. The Balaban J connectivity index is 1.61. The van der Waals surface area contributed by atoms with E-state index >= 15 is 0 Å². The van der Waals surface area contributed by atoms with Crippen LogP contribution in [0.1, 0.15) is 59.5 Å². The molecule has 2 aliphatic rings. The second-order valence-corrected chi connectivity index (χ2v) is 8.74. The first-order valence-electron chi connectivity index (χ1n) is 11.4. The van der Waals surface area contributed by atoms with Crippen LogP contribution in [0, 0.1) is 0 Å². The van der Waals surface area contributed by atoms with Gasteiger partial charge >= 0.3 is 0 Å². The predicted molar refractivity (Wildman–Crippen MR) is 124 cm³/mol. The van der Waals surface area contributed by atoms with E-state index in [9.17, 15) is 9.59 Å². The zero-order chi connectivity index (χ0) is 22.0. The van der Waals surface area contributed by atoms with Gasteiger partial charge < -0.3 is 10.2 Å². The van der Waals surface area contributed by atoms with E-state index in [1.54, 1.807) is 12.4 Å². The van der Waals surface area contributed by atoms with Crippen molar-refractivity contribution in [1.82, 2.24) is 10.3 Å². The highest BCUT2D eigenvalue weighted by molar-refractivity contribution is 6.12. The van der Waals surface area contributed by atoms with Crippen molar-refractivity contribution in [2.75, 3.05) is 4.90 Å². The van der Waals surface area contributed by atoms with Crippen LogP contribution in [0.15, 0.2) is 79.1 Å². The number of pyridine rings is 1. The van der Waals surface area contributed by atoms with E-state index < -0.39 is 11.5 Å². The van der Waals surface area contributed by atoms with E-state index in [0.717, 1.165) is 48.9 Å². The molecule has 1 unspecified atom stereocenters. The van der Waals surface area contributed by atoms with Crippen LogP contribution < -0.4 is 10.2 Å².